The van der Waals surface area contributed by atoms with Gasteiger partial charge in [0.25, 0.3) is 0 Å². The van der Waals surface area contributed by atoms with Gasteiger partial charge >= 0.3 is 0 Å². The fraction of sp³-hybridized carbons (Fsp3) is 0.182. The highest BCUT2D eigenvalue weighted by Crippen LogP contribution is 2.25. The zero-order valence-electron chi connectivity index (χ0n) is 8.72. The van der Waals surface area contributed by atoms with Gasteiger partial charge in [-0.1, -0.05) is 18.5 Å². The molecule has 2 nitrogen and oxygen atoms in total. The molecule has 5 heteroatoms. The van der Waals surface area contributed by atoms with Crippen LogP contribution in [0, 0.1) is 0 Å². The monoisotopic (exact) mass is 270 g/mol. The highest BCUT2D eigenvalue weighted by atomic mass is 35.5. The van der Waals surface area contributed by atoms with Crippen LogP contribution in [0.25, 0.3) is 0 Å². The van der Waals surface area contributed by atoms with Crippen molar-refractivity contribution in [3.8, 4) is 0 Å². The molecule has 0 radical (unpaired) electrons. The molecule has 2 rings (SSSR count). The number of thiol groups is 1. The van der Waals surface area contributed by atoms with Crippen LogP contribution in [0.4, 0.5) is 0 Å². The zero-order valence-corrected chi connectivity index (χ0v) is 11.2. The minimum Gasteiger partial charge on any atom is -0.195 e. The predicted octanol–water partition coefficient (Wildman–Crippen LogP) is 3.94. The molecule has 0 saturated carbocycles. The molecule has 2 aromatic rings. The first-order chi connectivity index (χ1) is 7.69. The van der Waals surface area contributed by atoms with Crippen LogP contribution in [-0.4, -0.2) is 9.19 Å². The van der Waals surface area contributed by atoms with E-state index in [-0.39, 0.29) is 0 Å². The highest BCUT2D eigenvalue weighted by Gasteiger charge is 2.05. The second-order valence-corrected chi connectivity index (χ2v) is 5.16. The maximum Gasteiger partial charge on any atom is 0.105 e. The van der Waals surface area contributed by atoms with Crippen molar-refractivity contribution in [1.29, 1.82) is 0 Å². The second-order valence-electron chi connectivity index (χ2n) is 3.27. The molecule has 0 spiro atoms. The molecule has 1 aromatic heterocycles. The largest absolute Gasteiger partial charge is 0.195 e. The summed E-state index contributed by atoms with van der Waals surface area (Å²) in [6, 6.07) is 9.64. The van der Waals surface area contributed by atoms with Crippen molar-refractivity contribution in [2.24, 2.45) is 0 Å². The third-order valence-electron chi connectivity index (χ3n) is 2.08. The van der Waals surface area contributed by atoms with Crippen LogP contribution in [0.2, 0.25) is 5.02 Å². The highest BCUT2D eigenvalue weighted by molar-refractivity contribution is 7.98. The topological polar surface area (TPSA) is 17.8 Å². The van der Waals surface area contributed by atoms with E-state index in [0.29, 0.717) is 0 Å². The normalized spacial score (nSPS) is 10.7. The Kier molecular flexibility index (Phi) is 3.84. The van der Waals surface area contributed by atoms with Gasteiger partial charge in [-0.05, 0) is 36.8 Å². The number of hydrogen-bond acceptors (Lipinski definition) is 3. The minimum absolute atomic E-state index is 0.741. The van der Waals surface area contributed by atoms with Gasteiger partial charge in [-0.15, -0.1) is 12.6 Å². The molecule has 16 heavy (non-hydrogen) atoms. The van der Waals surface area contributed by atoms with Crippen molar-refractivity contribution in [3.63, 3.8) is 0 Å². The van der Waals surface area contributed by atoms with Gasteiger partial charge in [0.1, 0.15) is 5.03 Å². The number of halogens is 1. The maximum atomic E-state index is 5.83. The van der Waals surface area contributed by atoms with E-state index >= 15 is 0 Å². The minimum atomic E-state index is 0.741. The molecule has 84 valence electrons. The van der Waals surface area contributed by atoms with Gasteiger partial charge in [0, 0.05) is 21.9 Å². The maximum absolute atomic E-state index is 5.83. The van der Waals surface area contributed by atoms with E-state index in [1.807, 2.05) is 34.4 Å². The average molecular weight is 271 g/mol. The van der Waals surface area contributed by atoms with Crippen molar-refractivity contribution in [2.45, 2.75) is 23.3 Å². The first kappa shape index (κ1) is 11.9. The molecular formula is C11H11ClN2S2. The summed E-state index contributed by atoms with van der Waals surface area (Å²) in [6.07, 6.45) is 0.918. The van der Waals surface area contributed by atoms with E-state index in [9.17, 15) is 0 Å². The van der Waals surface area contributed by atoms with Crippen LogP contribution in [0.1, 0.15) is 12.6 Å². The van der Waals surface area contributed by atoms with Crippen molar-refractivity contribution >= 4 is 36.2 Å². The molecule has 0 unspecified atom stereocenters. The molecular weight excluding hydrogens is 260 g/mol. The Morgan fingerprint density at radius 1 is 1.38 bits per heavy atom. The van der Waals surface area contributed by atoms with Gasteiger partial charge < -0.3 is 0 Å². The number of hydrogen-bond donors (Lipinski definition) is 1. The van der Waals surface area contributed by atoms with Crippen LogP contribution >= 0.6 is 36.2 Å². The third-order valence-corrected chi connectivity index (χ3v) is 3.72. The summed E-state index contributed by atoms with van der Waals surface area (Å²) in [5.41, 5.74) is 1.05. The summed E-state index contributed by atoms with van der Waals surface area (Å²) < 4.78 is 1.81. The smallest absolute Gasteiger partial charge is 0.105 e. The quantitative estimate of drug-likeness (QED) is 0.852. The molecule has 0 amide bonds. The lowest BCUT2D eigenvalue weighted by Crippen LogP contribution is -1.91. The molecule has 0 fully saturated rings. The van der Waals surface area contributed by atoms with Crippen LogP contribution in [-0.2, 0) is 6.42 Å². The van der Waals surface area contributed by atoms with E-state index in [4.69, 9.17) is 11.6 Å². The molecule has 0 bridgehead atoms. The van der Waals surface area contributed by atoms with E-state index < -0.39 is 0 Å². The average Bonchev–Trinajstić information content (AvgIpc) is 2.63. The zero-order chi connectivity index (χ0) is 11.5. The van der Waals surface area contributed by atoms with Gasteiger partial charge in [0.15, 0.2) is 0 Å². The fourth-order valence-electron chi connectivity index (χ4n) is 1.24. The van der Waals surface area contributed by atoms with Crippen molar-refractivity contribution in [2.75, 3.05) is 0 Å². The third kappa shape index (κ3) is 2.75. The Morgan fingerprint density at radius 2 is 2.06 bits per heavy atom. The molecule has 0 saturated heterocycles. The van der Waals surface area contributed by atoms with E-state index in [1.54, 1.807) is 0 Å². The summed E-state index contributed by atoms with van der Waals surface area (Å²) in [4.78, 5) is 1.09. The molecule has 0 aliphatic rings. The van der Waals surface area contributed by atoms with Gasteiger partial charge in [0.2, 0.25) is 0 Å². The standard InChI is InChI=1S/C11H11ClN2S2/c1-2-9-7-11(15)14(13-9)16-10-5-3-8(12)4-6-10/h3-7,15H,2H2,1H3. The Morgan fingerprint density at radius 3 is 2.62 bits per heavy atom. The van der Waals surface area contributed by atoms with Gasteiger partial charge in [-0.2, -0.15) is 9.19 Å². The first-order valence-corrected chi connectivity index (χ1v) is 6.50. The van der Waals surface area contributed by atoms with E-state index in [0.717, 1.165) is 27.1 Å². The lowest BCUT2D eigenvalue weighted by molar-refractivity contribution is 0.886. The number of benzene rings is 1. The Labute approximate surface area is 110 Å². The summed E-state index contributed by atoms with van der Waals surface area (Å²) in [6.45, 7) is 2.08. The number of rotatable bonds is 3. The first-order valence-electron chi connectivity index (χ1n) is 4.91. The van der Waals surface area contributed by atoms with E-state index in [1.165, 1.54) is 11.9 Å². The molecule has 1 aromatic carbocycles. The Hall–Kier alpha value is -0.580. The van der Waals surface area contributed by atoms with Crippen LogP contribution in [0.5, 0.6) is 0 Å². The number of nitrogens with zero attached hydrogens (tertiary/aromatic N) is 2. The summed E-state index contributed by atoms with van der Waals surface area (Å²) in [7, 11) is 0. The van der Waals surface area contributed by atoms with Crippen LogP contribution < -0.4 is 0 Å². The summed E-state index contributed by atoms with van der Waals surface area (Å²) in [5.74, 6) is 0. The van der Waals surface area contributed by atoms with Crippen molar-refractivity contribution in [1.82, 2.24) is 9.19 Å². The fourth-order valence-corrected chi connectivity index (χ4v) is 2.43. The van der Waals surface area contributed by atoms with Crippen LogP contribution in [0.3, 0.4) is 0 Å². The van der Waals surface area contributed by atoms with E-state index in [2.05, 4.69) is 24.7 Å². The molecule has 0 aliphatic carbocycles. The van der Waals surface area contributed by atoms with Gasteiger partial charge in [-0.3, -0.25) is 0 Å². The van der Waals surface area contributed by atoms with Crippen molar-refractivity contribution < 1.29 is 0 Å². The summed E-state index contributed by atoms with van der Waals surface area (Å²) >= 11 is 11.7. The summed E-state index contributed by atoms with van der Waals surface area (Å²) in [5, 5.41) is 6.02. The van der Waals surface area contributed by atoms with Crippen molar-refractivity contribution in [3.05, 3.63) is 41.0 Å². The predicted molar refractivity (Wildman–Crippen MR) is 71.6 cm³/mol. The second kappa shape index (κ2) is 5.17. The Balaban J connectivity index is 2.19. The lowest BCUT2D eigenvalue weighted by atomic mass is 10.3. The van der Waals surface area contributed by atoms with Crippen LogP contribution in [0.15, 0.2) is 40.3 Å². The number of aromatic nitrogens is 2. The molecule has 0 atom stereocenters. The lowest BCUT2D eigenvalue weighted by Gasteiger charge is -2.02. The number of aryl methyl sites for hydroxylation is 1. The Bertz CT molecular complexity index is 479. The molecule has 0 N–H and O–H groups in total. The SMILES string of the molecule is CCc1cc(S)n(Sc2ccc(Cl)cc2)n1. The van der Waals surface area contributed by atoms with Gasteiger partial charge in [-0.25, -0.2) is 0 Å². The molecule has 0 aliphatic heterocycles. The molecule has 1 heterocycles. The van der Waals surface area contributed by atoms with Gasteiger partial charge in [0.05, 0.1) is 5.69 Å².